The Hall–Kier alpha value is -0.520. The van der Waals surface area contributed by atoms with Crippen molar-refractivity contribution in [2.75, 3.05) is 18.1 Å². The Bertz CT molecular complexity index is 389. The average molecular weight is 267 g/mol. The number of imidazole rings is 1. The van der Waals surface area contributed by atoms with Crippen LogP contribution in [0.2, 0.25) is 0 Å². The first kappa shape index (κ1) is 12.5. The second-order valence-corrected chi connectivity index (χ2v) is 6.14. The van der Waals surface area contributed by atoms with Crippen molar-refractivity contribution in [1.29, 1.82) is 0 Å². The summed E-state index contributed by atoms with van der Waals surface area (Å²) in [4.78, 5) is 4.49. The Labute approximate surface area is 112 Å². The number of nitrogens with zero attached hydrogens (tertiary/aromatic N) is 2. The average Bonchev–Trinajstić information content (AvgIpc) is 3.09. The van der Waals surface area contributed by atoms with E-state index in [0.29, 0.717) is 12.1 Å². The molecule has 0 spiro atoms. The molecule has 0 bridgehead atoms. The number of nitrogens with one attached hydrogen (secondary N) is 1. The van der Waals surface area contributed by atoms with Gasteiger partial charge in [0, 0.05) is 43.4 Å². The monoisotopic (exact) mass is 267 g/mol. The Morgan fingerprint density at radius 1 is 1.56 bits per heavy atom. The van der Waals surface area contributed by atoms with E-state index in [1.54, 1.807) is 0 Å². The lowest BCUT2D eigenvalue weighted by Crippen LogP contribution is -2.40. The summed E-state index contributed by atoms with van der Waals surface area (Å²) < 4.78 is 8.10. The van der Waals surface area contributed by atoms with E-state index < -0.39 is 0 Å². The molecule has 2 fully saturated rings. The van der Waals surface area contributed by atoms with Crippen LogP contribution in [0.3, 0.4) is 0 Å². The molecule has 100 valence electrons. The predicted octanol–water partition coefficient (Wildman–Crippen LogP) is 1.83. The molecule has 0 unspecified atom stereocenters. The SMILES string of the molecule is CCn1ccnc1[C@H]1OCC[C@@H]1N[C@H]1CCSC1. The highest BCUT2D eigenvalue weighted by Crippen LogP contribution is 2.30. The number of aromatic nitrogens is 2. The van der Waals surface area contributed by atoms with Crippen molar-refractivity contribution in [2.45, 2.75) is 44.5 Å². The van der Waals surface area contributed by atoms with E-state index in [4.69, 9.17) is 4.74 Å². The standard InChI is InChI=1S/C13H21N3OS/c1-2-16-6-5-14-13(16)12-11(3-7-17-12)15-10-4-8-18-9-10/h5-6,10-12,15H,2-4,7-9H2,1H3/t10-,11-,12-/m0/s1. The van der Waals surface area contributed by atoms with Gasteiger partial charge in [-0.2, -0.15) is 11.8 Å². The highest BCUT2D eigenvalue weighted by atomic mass is 32.2. The number of thioether (sulfide) groups is 1. The first-order valence-corrected chi connectivity index (χ1v) is 8.00. The van der Waals surface area contributed by atoms with Crippen LogP contribution in [-0.2, 0) is 11.3 Å². The van der Waals surface area contributed by atoms with Gasteiger partial charge in [-0.3, -0.25) is 0 Å². The predicted molar refractivity (Wildman–Crippen MR) is 73.9 cm³/mol. The largest absolute Gasteiger partial charge is 0.369 e. The molecular formula is C13H21N3OS. The number of aryl methyl sites for hydroxylation is 1. The van der Waals surface area contributed by atoms with Crippen molar-refractivity contribution in [1.82, 2.24) is 14.9 Å². The summed E-state index contributed by atoms with van der Waals surface area (Å²) >= 11 is 2.05. The van der Waals surface area contributed by atoms with E-state index in [1.165, 1.54) is 17.9 Å². The van der Waals surface area contributed by atoms with Crippen molar-refractivity contribution < 1.29 is 4.74 Å². The number of ether oxygens (including phenoxy) is 1. The Morgan fingerprint density at radius 2 is 2.50 bits per heavy atom. The van der Waals surface area contributed by atoms with Gasteiger partial charge in [-0.1, -0.05) is 0 Å². The summed E-state index contributed by atoms with van der Waals surface area (Å²) in [6, 6.07) is 1.09. The van der Waals surface area contributed by atoms with E-state index >= 15 is 0 Å². The van der Waals surface area contributed by atoms with Crippen LogP contribution in [0.4, 0.5) is 0 Å². The van der Waals surface area contributed by atoms with E-state index in [9.17, 15) is 0 Å². The quantitative estimate of drug-likeness (QED) is 0.903. The fourth-order valence-electron chi connectivity index (χ4n) is 2.83. The van der Waals surface area contributed by atoms with Crippen LogP contribution < -0.4 is 5.32 Å². The van der Waals surface area contributed by atoms with Crippen LogP contribution >= 0.6 is 11.8 Å². The first-order chi connectivity index (χ1) is 8.88. The summed E-state index contributed by atoms with van der Waals surface area (Å²) in [5.74, 6) is 3.61. The molecule has 18 heavy (non-hydrogen) atoms. The minimum atomic E-state index is 0.130. The lowest BCUT2D eigenvalue weighted by Gasteiger charge is -2.23. The molecule has 0 radical (unpaired) electrons. The van der Waals surface area contributed by atoms with Crippen molar-refractivity contribution in [2.24, 2.45) is 0 Å². The fourth-order valence-corrected chi connectivity index (χ4v) is 3.99. The molecule has 3 rings (SSSR count). The maximum Gasteiger partial charge on any atom is 0.139 e. The minimum Gasteiger partial charge on any atom is -0.369 e. The maximum atomic E-state index is 5.91. The molecule has 0 amide bonds. The molecule has 2 saturated heterocycles. The highest BCUT2D eigenvalue weighted by molar-refractivity contribution is 7.99. The molecule has 3 atom stereocenters. The summed E-state index contributed by atoms with van der Waals surface area (Å²) in [5.41, 5.74) is 0. The van der Waals surface area contributed by atoms with Crippen LogP contribution in [-0.4, -0.2) is 39.7 Å². The molecule has 2 aliphatic heterocycles. The van der Waals surface area contributed by atoms with Crippen molar-refractivity contribution in [3.8, 4) is 0 Å². The van der Waals surface area contributed by atoms with Gasteiger partial charge in [0.15, 0.2) is 0 Å². The minimum absolute atomic E-state index is 0.130. The molecule has 0 aliphatic carbocycles. The lowest BCUT2D eigenvalue weighted by atomic mass is 10.1. The maximum absolute atomic E-state index is 5.91. The molecule has 2 aliphatic rings. The van der Waals surface area contributed by atoms with Gasteiger partial charge in [0.25, 0.3) is 0 Å². The van der Waals surface area contributed by atoms with Gasteiger partial charge in [0.05, 0.1) is 0 Å². The van der Waals surface area contributed by atoms with Crippen molar-refractivity contribution >= 4 is 11.8 Å². The zero-order chi connectivity index (χ0) is 12.4. The molecule has 1 N–H and O–H groups in total. The van der Waals surface area contributed by atoms with Crippen LogP contribution in [0.15, 0.2) is 12.4 Å². The summed E-state index contributed by atoms with van der Waals surface area (Å²) in [6.45, 7) is 3.95. The molecule has 0 saturated carbocycles. The van der Waals surface area contributed by atoms with Gasteiger partial charge in [-0.05, 0) is 25.5 Å². The second-order valence-electron chi connectivity index (χ2n) is 4.99. The number of hydrogen-bond acceptors (Lipinski definition) is 4. The van der Waals surface area contributed by atoms with Crippen LogP contribution in [0.1, 0.15) is 31.7 Å². The number of hydrogen-bond donors (Lipinski definition) is 1. The van der Waals surface area contributed by atoms with E-state index in [-0.39, 0.29) is 6.10 Å². The molecule has 1 aromatic rings. The topological polar surface area (TPSA) is 39.1 Å². The normalized spacial score (nSPS) is 32.2. The molecule has 3 heterocycles. The third-order valence-corrected chi connectivity index (χ3v) is 4.98. The third-order valence-electron chi connectivity index (χ3n) is 3.81. The van der Waals surface area contributed by atoms with Gasteiger partial charge < -0.3 is 14.6 Å². The van der Waals surface area contributed by atoms with Crippen molar-refractivity contribution in [3.63, 3.8) is 0 Å². The molecular weight excluding hydrogens is 246 g/mol. The summed E-state index contributed by atoms with van der Waals surface area (Å²) in [7, 11) is 0. The number of rotatable bonds is 4. The van der Waals surface area contributed by atoms with Crippen LogP contribution in [0.5, 0.6) is 0 Å². The Morgan fingerprint density at radius 3 is 3.28 bits per heavy atom. The molecule has 0 aromatic carbocycles. The van der Waals surface area contributed by atoms with E-state index in [0.717, 1.165) is 25.4 Å². The molecule has 5 heteroatoms. The zero-order valence-corrected chi connectivity index (χ0v) is 11.7. The summed E-state index contributed by atoms with van der Waals surface area (Å²) in [6.07, 6.45) is 6.44. The van der Waals surface area contributed by atoms with Crippen molar-refractivity contribution in [3.05, 3.63) is 18.2 Å². The van der Waals surface area contributed by atoms with Crippen LogP contribution in [0, 0.1) is 0 Å². The second kappa shape index (κ2) is 5.63. The fraction of sp³-hybridized carbons (Fsp3) is 0.769. The Kier molecular flexibility index (Phi) is 3.91. The van der Waals surface area contributed by atoms with Gasteiger partial charge in [-0.15, -0.1) is 0 Å². The van der Waals surface area contributed by atoms with Gasteiger partial charge in [-0.25, -0.2) is 4.98 Å². The first-order valence-electron chi connectivity index (χ1n) is 6.85. The Balaban J connectivity index is 1.70. The lowest BCUT2D eigenvalue weighted by molar-refractivity contribution is 0.0871. The van der Waals surface area contributed by atoms with E-state index in [1.807, 2.05) is 24.2 Å². The van der Waals surface area contributed by atoms with Gasteiger partial charge in [0.2, 0.25) is 0 Å². The third kappa shape index (κ3) is 2.44. The highest BCUT2D eigenvalue weighted by Gasteiger charge is 2.34. The zero-order valence-electron chi connectivity index (χ0n) is 10.8. The van der Waals surface area contributed by atoms with E-state index in [2.05, 4.69) is 21.8 Å². The smallest absolute Gasteiger partial charge is 0.139 e. The van der Waals surface area contributed by atoms with Gasteiger partial charge >= 0.3 is 0 Å². The molecule has 4 nitrogen and oxygen atoms in total. The van der Waals surface area contributed by atoms with Gasteiger partial charge in [0.1, 0.15) is 11.9 Å². The van der Waals surface area contributed by atoms with Crippen LogP contribution in [0.25, 0.3) is 0 Å². The summed E-state index contributed by atoms with van der Waals surface area (Å²) in [5, 5.41) is 3.77. The molecule has 1 aromatic heterocycles.